The highest BCUT2D eigenvalue weighted by atomic mass is 79.9. The Morgan fingerprint density at radius 3 is 2.43 bits per heavy atom. The molecule has 0 unspecified atom stereocenters. The highest BCUT2D eigenvalue weighted by Gasteiger charge is 2.36. The van der Waals surface area contributed by atoms with Gasteiger partial charge in [0.25, 0.3) is 0 Å². The van der Waals surface area contributed by atoms with Crippen LogP contribution in [0.1, 0.15) is 51.0 Å². The fourth-order valence-electron chi connectivity index (χ4n) is 3.89. The van der Waals surface area contributed by atoms with Crippen molar-refractivity contribution in [3.05, 3.63) is 58.6 Å². The van der Waals surface area contributed by atoms with Crippen LogP contribution < -0.4 is 0 Å². The number of hydrogen-bond donors (Lipinski definition) is 1. The highest BCUT2D eigenvalue weighted by Crippen LogP contribution is 2.44. The molecule has 1 aliphatic carbocycles. The van der Waals surface area contributed by atoms with Crippen LogP contribution in [0.4, 0.5) is 0 Å². The van der Waals surface area contributed by atoms with Crippen LogP contribution in [0.2, 0.25) is 0 Å². The molecule has 0 bridgehead atoms. The highest BCUT2D eigenvalue weighted by molar-refractivity contribution is 9.10. The largest absolute Gasteiger partial charge is 0.385 e. The molecule has 0 aromatic heterocycles. The van der Waals surface area contributed by atoms with Gasteiger partial charge in [0.05, 0.1) is 5.60 Å². The van der Waals surface area contributed by atoms with E-state index in [1.165, 1.54) is 18.4 Å². The van der Waals surface area contributed by atoms with Crippen LogP contribution in [0, 0.1) is 5.92 Å². The molecule has 0 amide bonds. The van der Waals surface area contributed by atoms with E-state index in [1.54, 1.807) is 0 Å². The van der Waals surface area contributed by atoms with Gasteiger partial charge in [0.1, 0.15) is 0 Å². The molecule has 0 atom stereocenters. The van der Waals surface area contributed by atoms with Crippen molar-refractivity contribution in [1.29, 1.82) is 0 Å². The molecule has 2 aromatic carbocycles. The Bertz CT molecular complexity index is 642. The van der Waals surface area contributed by atoms with Crippen LogP contribution in [-0.4, -0.2) is 5.11 Å². The van der Waals surface area contributed by atoms with Gasteiger partial charge in [-0.3, -0.25) is 0 Å². The minimum Gasteiger partial charge on any atom is -0.385 e. The fourth-order valence-corrected chi connectivity index (χ4v) is 4.25. The lowest BCUT2D eigenvalue weighted by Gasteiger charge is -2.37. The monoisotopic (exact) mass is 372 g/mol. The molecule has 0 spiro atoms. The van der Waals surface area contributed by atoms with Crippen LogP contribution in [-0.2, 0) is 5.60 Å². The first kappa shape index (κ1) is 16.7. The molecule has 2 heteroatoms. The third-order valence-corrected chi connectivity index (χ3v) is 5.69. The average Bonchev–Trinajstić information content (AvgIpc) is 2.58. The van der Waals surface area contributed by atoms with E-state index in [-0.39, 0.29) is 0 Å². The van der Waals surface area contributed by atoms with Gasteiger partial charge in [0, 0.05) is 4.47 Å². The van der Waals surface area contributed by atoms with Crippen molar-refractivity contribution >= 4 is 15.9 Å². The molecule has 2 aromatic rings. The van der Waals surface area contributed by atoms with Gasteiger partial charge in [-0.2, -0.15) is 0 Å². The molecule has 1 saturated carbocycles. The van der Waals surface area contributed by atoms with Crippen LogP contribution in [0.15, 0.2) is 53.0 Å². The van der Waals surface area contributed by atoms with Crippen LogP contribution in [0.25, 0.3) is 11.1 Å². The summed E-state index contributed by atoms with van der Waals surface area (Å²) in [5.41, 5.74) is 2.72. The van der Waals surface area contributed by atoms with Crippen LogP contribution in [0.3, 0.4) is 0 Å². The van der Waals surface area contributed by atoms with Crippen molar-refractivity contribution in [2.24, 2.45) is 5.92 Å². The Kier molecular flexibility index (Phi) is 5.23. The third-order valence-electron chi connectivity index (χ3n) is 5.20. The molecular weight excluding hydrogens is 348 g/mol. The molecule has 0 radical (unpaired) electrons. The minimum absolute atomic E-state index is 0.695. The van der Waals surface area contributed by atoms with Gasteiger partial charge in [-0.1, -0.05) is 72.1 Å². The number of benzene rings is 2. The first-order valence-electron chi connectivity index (χ1n) is 8.70. The fraction of sp³-hybridized carbons (Fsp3) is 0.429. The van der Waals surface area contributed by atoms with E-state index in [1.807, 2.05) is 6.07 Å². The second-order valence-corrected chi connectivity index (χ2v) is 7.74. The second kappa shape index (κ2) is 7.19. The molecule has 1 fully saturated rings. The Morgan fingerprint density at radius 2 is 1.78 bits per heavy atom. The normalized spacial score (nSPS) is 24.6. The Morgan fingerprint density at radius 1 is 1.09 bits per heavy atom. The quantitative estimate of drug-likeness (QED) is 0.667. The summed E-state index contributed by atoms with van der Waals surface area (Å²) in [6.45, 7) is 2.25. The lowest BCUT2D eigenvalue weighted by Crippen LogP contribution is -2.32. The Labute approximate surface area is 147 Å². The van der Waals surface area contributed by atoms with Crippen molar-refractivity contribution in [3.8, 4) is 11.1 Å². The molecule has 122 valence electrons. The zero-order valence-electron chi connectivity index (χ0n) is 13.8. The maximum Gasteiger partial charge on any atom is 0.0903 e. The molecule has 1 N–H and O–H groups in total. The molecule has 0 aliphatic heterocycles. The van der Waals surface area contributed by atoms with Gasteiger partial charge in [0.2, 0.25) is 0 Å². The van der Waals surface area contributed by atoms with Crippen LogP contribution in [0.5, 0.6) is 0 Å². The maximum atomic E-state index is 11.4. The maximum absolute atomic E-state index is 11.4. The van der Waals surface area contributed by atoms with Gasteiger partial charge in [0.15, 0.2) is 0 Å². The zero-order valence-corrected chi connectivity index (χ0v) is 15.3. The van der Waals surface area contributed by atoms with Gasteiger partial charge < -0.3 is 5.11 Å². The van der Waals surface area contributed by atoms with Crippen molar-refractivity contribution in [3.63, 3.8) is 0 Å². The zero-order chi connectivity index (χ0) is 16.3. The first-order chi connectivity index (χ1) is 11.1. The molecule has 1 aliphatic rings. The predicted octanol–water partition coefficient (Wildman–Crippen LogP) is 6.29. The topological polar surface area (TPSA) is 20.2 Å². The van der Waals surface area contributed by atoms with E-state index in [2.05, 4.69) is 65.3 Å². The standard InChI is InChI=1S/C21H25BrO/c1-2-6-16-11-13-21(23,14-12-16)20-15-18(22)9-10-19(20)17-7-4-3-5-8-17/h3-5,7-10,15-16,23H,2,6,11-14H2,1H3. The van der Waals surface area contributed by atoms with Crippen molar-refractivity contribution in [2.45, 2.75) is 51.0 Å². The smallest absolute Gasteiger partial charge is 0.0903 e. The molecule has 3 rings (SSSR count). The van der Waals surface area contributed by atoms with E-state index >= 15 is 0 Å². The number of halogens is 1. The predicted molar refractivity (Wildman–Crippen MR) is 100 cm³/mol. The number of rotatable bonds is 4. The summed E-state index contributed by atoms with van der Waals surface area (Å²) >= 11 is 3.59. The van der Waals surface area contributed by atoms with Crippen LogP contribution >= 0.6 is 15.9 Å². The molecule has 1 nitrogen and oxygen atoms in total. The Hall–Kier alpha value is -1.12. The van der Waals surface area contributed by atoms with Gasteiger partial charge >= 0.3 is 0 Å². The SMILES string of the molecule is CCCC1CCC(O)(c2cc(Br)ccc2-c2ccccc2)CC1. The van der Waals surface area contributed by atoms with Crippen molar-refractivity contribution in [1.82, 2.24) is 0 Å². The van der Waals surface area contributed by atoms with Gasteiger partial charge in [-0.15, -0.1) is 0 Å². The summed E-state index contributed by atoms with van der Waals surface area (Å²) in [7, 11) is 0. The van der Waals surface area contributed by atoms with E-state index in [0.717, 1.165) is 47.2 Å². The first-order valence-corrected chi connectivity index (χ1v) is 9.49. The molecule has 0 heterocycles. The summed E-state index contributed by atoms with van der Waals surface area (Å²) in [6, 6.07) is 16.7. The average molecular weight is 373 g/mol. The lowest BCUT2D eigenvalue weighted by molar-refractivity contribution is -0.0147. The molecule has 0 saturated heterocycles. The minimum atomic E-state index is -0.695. The molecule has 23 heavy (non-hydrogen) atoms. The Balaban J connectivity index is 1.94. The lowest BCUT2D eigenvalue weighted by atomic mass is 9.72. The van der Waals surface area contributed by atoms with E-state index in [9.17, 15) is 5.11 Å². The van der Waals surface area contributed by atoms with E-state index in [4.69, 9.17) is 0 Å². The second-order valence-electron chi connectivity index (χ2n) is 6.82. The molecular formula is C21H25BrO. The number of hydrogen-bond acceptors (Lipinski definition) is 1. The summed E-state index contributed by atoms with van der Waals surface area (Å²) in [4.78, 5) is 0. The summed E-state index contributed by atoms with van der Waals surface area (Å²) < 4.78 is 1.04. The van der Waals surface area contributed by atoms with E-state index in [0.29, 0.717) is 0 Å². The summed E-state index contributed by atoms with van der Waals surface area (Å²) in [5, 5.41) is 11.4. The summed E-state index contributed by atoms with van der Waals surface area (Å²) in [6.07, 6.45) is 6.54. The third kappa shape index (κ3) is 3.70. The number of aliphatic hydroxyl groups is 1. The van der Waals surface area contributed by atoms with E-state index < -0.39 is 5.60 Å². The van der Waals surface area contributed by atoms with Gasteiger partial charge in [-0.05, 0) is 60.4 Å². The van der Waals surface area contributed by atoms with Crippen molar-refractivity contribution in [2.75, 3.05) is 0 Å². The van der Waals surface area contributed by atoms with Crippen molar-refractivity contribution < 1.29 is 5.11 Å². The summed E-state index contributed by atoms with van der Waals surface area (Å²) in [5.74, 6) is 0.785. The van der Waals surface area contributed by atoms with Gasteiger partial charge in [-0.25, -0.2) is 0 Å².